The Hall–Kier alpha value is -2.97. The van der Waals surface area contributed by atoms with Crippen LogP contribution < -0.4 is 0 Å². The van der Waals surface area contributed by atoms with Gasteiger partial charge in [0.25, 0.3) is 0 Å². The molecule has 1 fully saturated rings. The third-order valence-electron chi connectivity index (χ3n) is 7.57. The monoisotopic (exact) mass is 420 g/mol. The first-order chi connectivity index (χ1) is 15.6. The van der Waals surface area contributed by atoms with E-state index in [9.17, 15) is 5.41 Å². The summed E-state index contributed by atoms with van der Waals surface area (Å²) in [6, 6.07) is 30.7. The third kappa shape index (κ3) is 3.84. The lowest BCUT2D eigenvalue weighted by atomic mass is 9.64. The molecule has 0 radical (unpaired) electrons. The zero-order chi connectivity index (χ0) is 22.1. The first-order valence-electron chi connectivity index (χ1n) is 11.8. The van der Waals surface area contributed by atoms with Crippen molar-refractivity contribution in [2.45, 2.75) is 31.2 Å². The summed E-state index contributed by atoms with van der Waals surface area (Å²) < 4.78 is 0. The van der Waals surface area contributed by atoms with Gasteiger partial charge in [0.2, 0.25) is 0 Å². The lowest BCUT2D eigenvalue weighted by molar-refractivity contribution is 0.160. The predicted molar refractivity (Wildman–Crippen MR) is 135 cm³/mol. The summed E-state index contributed by atoms with van der Waals surface area (Å²) in [5, 5.41) is 9.27. The molecule has 162 valence electrons. The summed E-state index contributed by atoms with van der Waals surface area (Å²) in [7, 11) is 4.38. The van der Waals surface area contributed by atoms with Gasteiger partial charge in [-0.15, -0.1) is 0 Å². The van der Waals surface area contributed by atoms with E-state index in [0.29, 0.717) is 17.9 Å². The SMILES string of the molecule is CN(C)C1CCC(C2C(c3ccccc3)=Cc3ccccc32)C(C(=N)c2ccccc2)C1. The smallest absolute Gasteiger partial charge is 0.0420 e. The van der Waals surface area contributed by atoms with Gasteiger partial charge in [-0.1, -0.05) is 91.0 Å². The normalized spacial score (nSPS) is 24.8. The van der Waals surface area contributed by atoms with Crippen molar-refractivity contribution in [2.75, 3.05) is 14.1 Å². The number of hydrogen-bond donors (Lipinski definition) is 1. The maximum Gasteiger partial charge on any atom is 0.0420 e. The van der Waals surface area contributed by atoms with Crippen LogP contribution in [0.15, 0.2) is 84.9 Å². The van der Waals surface area contributed by atoms with Gasteiger partial charge in [0.1, 0.15) is 0 Å². The molecule has 0 aromatic heterocycles. The summed E-state index contributed by atoms with van der Waals surface area (Å²) in [4.78, 5) is 2.36. The molecular formula is C30H32N2. The number of rotatable bonds is 5. The van der Waals surface area contributed by atoms with E-state index in [1.54, 1.807) is 0 Å². The van der Waals surface area contributed by atoms with Crippen molar-refractivity contribution in [2.24, 2.45) is 11.8 Å². The number of hydrogen-bond acceptors (Lipinski definition) is 2. The summed E-state index contributed by atoms with van der Waals surface area (Å²) in [6.45, 7) is 0. The molecule has 2 aliphatic carbocycles. The third-order valence-corrected chi connectivity index (χ3v) is 7.57. The second-order valence-electron chi connectivity index (χ2n) is 9.55. The second-order valence-corrected chi connectivity index (χ2v) is 9.55. The molecule has 4 atom stereocenters. The zero-order valence-corrected chi connectivity index (χ0v) is 19.0. The minimum atomic E-state index is 0.238. The molecule has 3 aromatic rings. The van der Waals surface area contributed by atoms with Crippen LogP contribution in [0, 0.1) is 17.2 Å². The Bertz CT molecular complexity index is 1110. The fraction of sp³-hybridized carbons (Fsp3) is 0.300. The second kappa shape index (κ2) is 8.88. The zero-order valence-electron chi connectivity index (χ0n) is 19.0. The quantitative estimate of drug-likeness (QED) is 0.455. The maximum absolute atomic E-state index is 9.27. The molecule has 1 N–H and O–H groups in total. The van der Waals surface area contributed by atoms with E-state index in [2.05, 4.69) is 104 Å². The van der Waals surface area contributed by atoms with Gasteiger partial charge in [-0.3, -0.25) is 0 Å². The van der Waals surface area contributed by atoms with Crippen molar-refractivity contribution in [3.05, 3.63) is 107 Å². The first kappa shape index (κ1) is 20.9. The van der Waals surface area contributed by atoms with E-state index in [-0.39, 0.29) is 5.92 Å². The summed E-state index contributed by atoms with van der Waals surface area (Å²) >= 11 is 0. The Morgan fingerprint density at radius 1 is 0.812 bits per heavy atom. The van der Waals surface area contributed by atoms with Gasteiger partial charge in [0, 0.05) is 23.6 Å². The van der Waals surface area contributed by atoms with Crippen LogP contribution in [0.25, 0.3) is 11.6 Å². The lowest BCUT2D eigenvalue weighted by Crippen LogP contribution is -2.41. The van der Waals surface area contributed by atoms with Crippen molar-refractivity contribution in [1.82, 2.24) is 4.90 Å². The highest BCUT2D eigenvalue weighted by atomic mass is 15.1. The van der Waals surface area contributed by atoms with Crippen molar-refractivity contribution >= 4 is 17.4 Å². The highest BCUT2D eigenvalue weighted by Gasteiger charge is 2.42. The summed E-state index contributed by atoms with van der Waals surface area (Å²) in [5.41, 5.74) is 7.39. The highest BCUT2D eigenvalue weighted by Crippen LogP contribution is 2.52. The van der Waals surface area contributed by atoms with Gasteiger partial charge in [0.05, 0.1) is 0 Å². The molecule has 0 spiro atoms. The van der Waals surface area contributed by atoms with Crippen molar-refractivity contribution in [3.8, 4) is 0 Å². The standard InChI is InChI=1S/C30H32N2/c1-32(2)24-17-18-26(28(20-24)30(31)22-13-7-4-8-14-22)29-25-16-10-9-15-23(25)19-27(29)21-11-5-3-6-12-21/h3-16,19,24,26,28-29,31H,17-18,20H2,1-2H3. The molecular weight excluding hydrogens is 388 g/mol. The molecule has 0 heterocycles. The van der Waals surface area contributed by atoms with E-state index in [4.69, 9.17) is 0 Å². The molecule has 0 amide bonds. The molecule has 1 saturated carbocycles. The predicted octanol–water partition coefficient (Wildman–Crippen LogP) is 6.74. The molecule has 2 heteroatoms. The average Bonchev–Trinajstić information content (AvgIpc) is 3.24. The van der Waals surface area contributed by atoms with Crippen LogP contribution in [0.1, 0.15) is 47.4 Å². The van der Waals surface area contributed by atoms with E-state index < -0.39 is 0 Å². The molecule has 5 rings (SSSR count). The summed E-state index contributed by atoms with van der Waals surface area (Å²) in [5.74, 6) is 1.00. The average molecular weight is 421 g/mol. The van der Waals surface area contributed by atoms with Gasteiger partial charge in [0.15, 0.2) is 0 Å². The molecule has 4 unspecified atom stereocenters. The molecule has 0 aliphatic heterocycles. The molecule has 0 saturated heterocycles. The molecule has 2 aliphatic rings. The number of benzene rings is 3. The van der Waals surface area contributed by atoms with Crippen LogP contribution in [0.3, 0.4) is 0 Å². The minimum Gasteiger partial charge on any atom is -0.306 e. The van der Waals surface area contributed by atoms with Crippen LogP contribution in [-0.2, 0) is 0 Å². The van der Waals surface area contributed by atoms with Crippen LogP contribution in [0.2, 0.25) is 0 Å². The Morgan fingerprint density at radius 3 is 2.19 bits per heavy atom. The van der Waals surface area contributed by atoms with Crippen molar-refractivity contribution in [1.29, 1.82) is 5.41 Å². The number of nitrogens with zero attached hydrogens (tertiary/aromatic N) is 1. The van der Waals surface area contributed by atoms with Crippen molar-refractivity contribution < 1.29 is 0 Å². The van der Waals surface area contributed by atoms with E-state index in [1.165, 1.54) is 28.7 Å². The van der Waals surface area contributed by atoms with Crippen LogP contribution in [-0.4, -0.2) is 30.7 Å². The molecule has 32 heavy (non-hydrogen) atoms. The minimum absolute atomic E-state index is 0.238. The Kier molecular flexibility index (Phi) is 5.80. The number of fused-ring (bicyclic) bond motifs is 1. The Balaban J connectivity index is 1.58. The van der Waals surface area contributed by atoms with Crippen LogP contribution in [0.4, 0.5) is 0 Å². The van der Waals surface area contributed by atoms with E-state index in [1.807, 2.05) is 6.07 Å². The van der Waals surface area contributed by atoms with Gasteiger partial charge in [-0.2, -0.15) is 0 Å². The van der Waals surface area contributed by atoms with E-state index >= 15 is 0 Å². The van der Waals surface area contributed by atoms with Gasteiger partial charge in [-0.25, -0.2) is 0 Å². The lowest BCUT2D eigenvalue weighted by Gasteiger charge is -2.43. The topological polar surface area (TPSA) is 27.1 Å². The van der Waals surface area contributed by atoms with Gasteiger partial charge >= 0.3 is 0 Å². The molecule has 3 aromatic carbocycles. The van der Waals surface area contributed by atoms with Gasteiger partial charge in [-0.05, 0) is 67.1 Å². The van der Waals surface area contributed by atoms with Crippen LogP contribution >= 0.6 is 0 Å². The number of allylic oxidation sites excluding steroid dienone is 1. The largest absolute Gasteiger partial charge is 0.306 e. The fourth-order valence-electron chi connectivity index (χ4n) is 5.91. The Labute approximate surface area is 192 Å². The summed E-state index contributed by atoms with van der Waals surface area (Å²) in [6.07, 6.45) is 5.78. The fourth-order valence-corrected chi connectivity index (χ4v) is 5.91. The van der Waals surface area contributed by atoms with Crippen LogP contribution in [0.5, 0.6) is 0 Å². The van der Waals surface area contributed by atoms with E-state index in [0.717, 1.165) is 24.1 Å². The Morgan fingerprint density at radius 2 is 1.47 bits per heavy atom. The highest BCUT2D eigenvalue weighted by molar-refractivity contribution is 6.01. The molecule has 2 nitrogen and oxygen atoms in total. The number of nitrogens with one attached hydrogen (secondary N) is 1. The molecule has 0 bridgehead atoms. The first-order valence-corrected chi connectivity index (χ1v) is 11.8. The maximum atomic E-state index is 9.27. The van der Waals surface area contributed by atoms with Gasteiger partial charge < -0.3 is 10.3 Å². The van der Waals surface area contributed by atoms with Crippen molar-refractivity contribution in [3.63, 3.8) is 0 Å².